The van der Waals surface area contributed by atoms with E-state index in [1.807, 2.05) is 6.92 Å². The van der Waals surface area contributed by atoms with Crippen LogP contribution in [0.15, 0.2) is 63.7 Å². The third-order valence-corrected chi connectivity index (χ3v) is 5.03. The van der Waals surface area contributed by atoms with E-state index in [2.05, 4.69) is 10.2 Å². The second-order valence-corrected chi connectivity index (χ2v) is 7.29. The van der Waals surface area contributed by atoms with Crippen molar-refractivity contribution in [2.45, 2.75) is 18.2 Å². The van der Waals surface area contributed by atoms with Gasteiger partial charge < -0.3 is 5.11 Å². The Hall–Kier alpha value is -3.37. The summed E-state index contributed by atoms with van der Waals surface area (Å²) in [5.74, 6) is -0.539. The summed E-state index contributed by atoms with van der Waals surface area (Å²) in [7, 11) is -4.58. The molecule has 3 aromatic carbocycles. The molecule has 0 saturated carbocycles. The molecule has 0 fully saturated rings. The molecule has 0 radical (unpaired) electrons. The molecule has 144 valence electrons. The van der Waals surface area contributed by atoms with Gasteiger partial charge in [0.1, 0.15) is 16.3 Å². The van der Waals surface area contributed by atoms with Crippen LogP contribution >= 0.6 is 0 Å². The number of nitro groups is 1. The van der Waals surface area contributed by atoms with Gasteiger partial charge in [-0.25, -0.2) is 0 Å². The van der Waals surface area contributed by atoms with E-state index < -0.39 is 25.7 Å². The summed E-state index contributed by atoms with van der Waals surface area (Å²) in [6, 6.07) is 11.5. The molecule has 3 aromatic rings. The van der Waals surface area contributed by atoms with E-state index in [1.165, 1.54) is 24.3 Å². The molecular formula is C18H15N3O6S. The van der Waals surface area contributed by atoms with Crippen molar-refractivity contribution in [3.63, 3.8) is 0 Å². The number of benzene rings is 3. The first-order valence-corrected chi connectivity index (χ1v) is 9.57. The van der Waals surface area contributed by atoms with Gasteiger partial charge in [-0.15, -0.1) is 10.2 Å². The zero-order valence-electron chi connectivity index (χ0n) is 14.6. The van der Waals surface area contributed by atoms with E-state index >= 15 is 0 Å². The number of hydrogen-bond donors (Lipinski definition) is 2. The molecule has 0 amide bonds. The Morgan fingerprint density at radius 1 is 1.07 bits per heavy atom. The molecule has 10 heteroatoms. The molecule has 0 aromatic heterocycles. The van der Waals surface area contributed by atoms with Crippen molar-refractivity contribution in [3.8, 4) is 5.75 Å². The van der Waals surface area contributed by atoms with E-state index in [0.717, 1.165) is 11.6 Å². The molecule has 0 aliphatic carbocycles. The lowest BCUT2D eigenvalue weighted by Gasteiger charge is -2.08. The fourth-order valence-electron chi connectivity index (χ4n) is 2.75. The van der Waals surface area contributed by atoms with E-state index in [1.54, 1.807) is 18.2 Å². The molecule has 0 aliphatic rings. The van der Waals surface area contributed by atoms with E-state index in [4.69, 9.17) is 0 Å². The maximum atomic E-state index is 11.6. The molecular weight excluding hydrogens is 386 g/mol. The zero-order chi connectivity index (χ0) is 20.5. The van der Waals surface area contributed by atoms with E-state index in [0.29, 0.717) is 6.42 Å². The van der Waals surface area contributed by atoms with Gasteiger partial charge in [-0.05, 0) is 18.1 Å². The summed E-state index contributed by atoms with van der Waals surface area (Å²) in [5.41, 5.74) is 0.444. The lowest BCUT2D eigenvalue weighted by Crippen LogP contribution is -1.99. The third-order valence-electron chi connectivity index (χ3n) is 4.14. The number of fused-ring (bicyclic) bond motifs is 1. The van der Waals surface area contributed by atoms with Crippen LogP contribution in [0.3, 0.4) is 0 Å². The molecule has 0 spiro atoms. The fourth-order valence-corrected chi connectivity index (χ4v) is 3.47. The Morgan fingerprint density at radius 2 is 1.75 bits per heavy atom. The highest BCUT2D eigenvalue weighted by Crippen LogP contribution is 2.40. The number of nitrogens with zero attached hydrogens (tertiary/aromatic N) is 3. The largest absolute Gasteiger partial charge is 0.506 e. The van der Waals surface area contributed by atoms with Crippen LogP contribution in [0.25, 0.3) is 10.8 Å². The molecule has 0 bridgehead atoms. The van der Waals surface area contributed by atoms with Crippen LogP contribution in [0.2, 0.25) is 0 Å². The van der Waals surface area contributed by atoms with Crippen LogP contribution in [0, 0.1) is 10.1 Å². The lowest BCUT2D eigenvalue weighted by atomic mass is 10.1. The van der Waals surface area contributed by atoms with Gasteiger partial charge in [0.15, 0.2) is 5.69 Å². The number of hydrogen-bond acceptors (Lipinski definition) is 7. The maximum Gasteiger partial charge on any atom is 0.296 e. The smallest absolute Gasteiger partial charge is 0.296 e. The van der Waals surface area contributed by atoms with Crippen LogP contribution < -0.4 is 0 Å². The van der Waals surface area contributed by atoms with Gasteiger partial charge in [0.2, 0.25) is 0 Å². The lowest BCUT2D eigenvalue weighted by molar-refractivity contribution is -0.384. The maximum absolute atomic E-state index is 11.6. The van der Waals surface area contributed by atoms with Gasteiger partial charge in [-0.1, -0.05) is 37.3 Å². The molecule has 0 saturated heterocycles. The minimum atomic E-state index is -4.58. The average molecular weight is 401 g/mol. The second-order valence-electron chi connectivity index (χ2n) is 5.90. The molecule has 0 atom stereocenters. The number of nitro benzene ring substituents is 1. The van der Waals surface area contributed by atoms with Crippen molar-refractivity contribution in [1.29, 1.82) is 0 Å². The van der Waals surface area contributed by atoms with Crippen molar-refractivity contribution in [3.05, 3.63) is 64.2 Å². The molecule has 2 N–H and O–H groups in total. The highest BCUT2D eigenvalue weighted by Gasteiger charge is 2.20. The Kier molecular flexibility index (Phi) is 5.08. The molecule has 0 aliphatic heterocycles. The number of phenolic OH excluding ortho intramolecular Hbond substituents is 1. The monoisotopic (exact) mass is 401 g/mol. The van der Waals surface area contributed by atoms with Crippen molar-refractivity contribution in [2.24, 2.45) is 10.2 Å². The third kappa shape index (κ3) is 3.68. The van der Waals surface area contributed by atoms with Gasteiger partial charge in [-0.3, -0.25) is 14.7 Å². The van der Waals surface area contributed by atoms with E-state index in [9.17, 15) is 28.2 Å². The highest BCUT2D eigenvalue weighted by molar-refractivity contribution is 7.86. The van der Waals surface area contributed by atoms with E-state index in [-0.39, 0.29) is 27.8 Å². The molecule has 3 rings (SSSR count). The summed E-state index contributed by atoms with van der Waals surface area (Å²) in [4.78, 5) is 10.2. The summed E-state index contributed by atoms with van der Waals surface area (Å²) >= 11 is 0. The van der Waals surface area contributed by atoms with Gasteiger partial charge >= 0.3 is 0 Å². The van der Waals surface area contributed by atoms with Crippen molar-refractivity contribution < 1.29 is 23.0 Å². The Morgan fingerprint density at radius 3 is 2.36 bits per heavy atom. The number of azo groups is 1. The number of aromatic hydroxyl groups is 1. The summed E-state index contributed by atoms with van der Waals surface area (Å²) in [6.45, 7) is 1.86. The first-order valence-electron chi connectivity index (χ1n) is 8.13. The normalized spacial score (nSPS) is 11.9. The molecule has 9 nitrogen and oxygen atoms in total. The number of phenols is 1. The zero-order valence-corrected chi connectivity index (χ0v) is 15.4. The Labute approximate surface area is 159 Å². The molecule has 0 unspecified atom stereocenters. The summed E-state index contributed by atoms with van der Waals surface area (Å²) in [6.07, 6.45) is 0.612. The van der Waals surface area contributed by atoms with Crippen LogP contribution in [0.1, 0.15) is 12.5 Å². The van der Waals surface area contributed by atoms with Gasteiger partial charge in [0.05, 0.1) is 4.92 Å². The first kappa shape index (κ1) is 19.4. The van der Waals surface area contributed by atoms with Gasteiger partial charge in [-0.2, -0.15) is 8.42 Å². The Balaban J connectivity index is 2.19. The SMILES string of the molecule is CCc1ccc(N=Nc2c(O)cc(S(=O)(=O)O)c3ccccc23)c([N+](=O)[O-])c1. The van der Waals surface area contributed by atoms with Crippen LogP contribution in [-0.4, -0.2) is 23.0 Å². The predicted octanol–water partition coefficient (Wildman–Crippen LogP) is 4.68. The summed E-state index contributed by atoms with van der Waals surface area (Å²) in [5, 5.41) is 29.7. The predicted molar refractivity (Wildman–Crippen MR) is 102 cm³/mol. The van der Waals surface area contributed by atoms with Crippen molar-refractivity contribution >= 4 is 38.0 Å². The van der Waals surface area contributed by atoms with Crippen LogP contribution in [0.4, 0.5) is 17.1 Å². The highest BCUT2D eigenvalue weighted by atomic mass is 32.2. The first-order chi connectivity index (χ1) is 13.2. The van der Waals surface area contributed by atoms with Crippen molar-refractivity contribution in [1.82, 2.24) is 0 Å². The average Bonchev–Trinajstić information content (AvgIpc) is 2.65. The molecule has 0 heterocycles. The van der Waals surface area contributed by atoms with Gasteiger partial charge in [0.25, 0.3) is 15.8 Å². The second kappa shape index (κ2) is 7.33. The minimum Gasteiger partial charge on any atom is -0.506 e. The van der Waals surface area contributed by atoms with Crippen LogP contribution in [-0.2, 0) is 16.5 Å². The minimum absolute atomic E-state index is 0.00969. The number of aryl methyl sites for hydroxylation is 1. The van der Waals surface area contributed by atoms with Crippen molar-refractivity contribution in [2.75, 3.05) is 0 Å². The quantitative estimate of drug-likeness (QED) is 0.275. The topological polar surface area (TPSA) is 142 Å². The number of rotatable bonds is 5. The van der Waals surface area contributed by atoms with Crippen LogP contribution in [0.5, 0.6) is 5.75 Å². The Bertz CT molecular complexity index is 1220. The standard InChI is InChI=1S/C18H15N3O6S/c1-2-11-7-8-14(15(9-11)21(23)24)19-20-18-13-6-4-3-5-12(13)17(10-16(18)22)28(25,26)27/h3-10,22H,2H2,1H3,(H,25,26,27). The fraction of sp³-hybridized carbons (Fsp3) is 0.111. The summed E-state index contributed by atoms with van der Waals surface area (Å²) < 4.78 is 32.6. The van der Waals surface area contributed by atoms with Gasteiger partial charge in [0, 0.05) is 22.9 Å². The molecule has 28 heavy (non-hydrogen) atoms.